The van der Waals surface area contributed by atoms with Crippen molar-refractivity contribution in [3.8, 4) is 0 Å². The van der Waals surface area contributed by atoms with Crippen LogP contribution in [0.5, 0.6) is 0 Å². The minimum atomic E-state index is -0.0916. The van der Waals surface area contributed by atoms with Crippen LogP contribution in [0.3, 0.4) is 0 Å². The molecule has 0 aromatic carbocycles. The average molecular weight is 195 g/mol. The van der Waals surface area contributed by atoms with Gasteiger partial charge in [-0.3, -0.25) is 4.79 Å². The van der Waals surface area contributed by atoms with Crippen LogP contribution in [0.1, 0.15) is 38.1 Å². The Morgan fingerprint density at radius 1 is 1.43 bits per heavy atom. The van der Waals surface area contributed by atoms with E-state index >= 15 is 0 Å². The van der Waals surface area contributed by atoms with Crippen molar-refractivity contribution < 1.29 is 0 Å². The van der Waals surface area contributed by atoms with Crippen LogP contribution in [0, 0.1) is 0 Å². The second kappa shape index (κ2) is 4.79. The van der Waals surface area contributed by atoms with Gasteiger partial charge < -0.3 is 10.7 Å². The number of aryl methyl sites for hydroxylation is 1. The van der Waals surface area contributed by atoms with Gasteiger partial charge in [-0.2, -0.15) is 0 Å². The topological polar surface area (TPSA) is 71.8 Å². The number of hydrogen-bond donors (Lipinski definition) is 2. The van der Waals surface area contributed by atoms with Crippen molar-refractivity contribution in [2.45, 2.75) is 39.5 Å². The lowest BCUT2D eigenvalue weighted by atomic mass is 10.2. The molecule has 0 unspecified atom stereocenters. The van der Waals surface area contributed by atoms with Crippen molar-refractivity contribution in [2.24, 2.45) is 0 Å². The lowest BCUT2D eigenvalue weighted by Gasteiger charge is -2.04. The Kier molecular flexibility index (Phi) is 3.68. The maximum atomic E-state index is 11.5. The highest BCUT2D eigenvalue weighted by Crippen LogP contribution is 2.05. The Morgan fingerprint density at radius 2 is 2.14 bits per heavy atom. The highest BCUT2D eigenvalue weighted by atomic mass is 16.1. The van der Waals surface area contributed by atoms with Crippen LogP contribution in [-0.2, 0) is 12.8 Å². The highest BCUT2D eigenvalue weighted by Gasteiger charge is 2.05. The van der Waals surface area contributed by atoms with Gasteiger partial charge in [-0.15, -0.1) is 0 Å². The number of nitrogens with zero attached hydrogens (tertiary/aromatic N) is 1. The maximum absolute atomic E-state index is 11.5. The van der Waals surface area contributed by atoms with E-state index in [1.165, 1.54) is 0 Å². The predicted molar refractivity (Wildman–Crippen MR) is 57.3 cm³/mol. The van der Waals surface area contributed by atoms with Crippen LogP contribution >= 0.6 is 0 Å². The molecule has 1 aromatic heterocycles. The Morgan fingerprint density at radius 3 is 2.64 bits per heavy atom. The molecule has 14 heavy (non-hydrogen) atoms. The molecule has 4 nitrogen and oxygen atoms in total. The number of aromatic nitrogens is 2. The van der Waals surface area contributed by atoms with E-state index < -0.39 is 0 Å². The van der Waals surface area contributed by atoms with Crippen molar-refractivity contribution in [1.82, 2.24) is 9.97 Å². The molecule has 1 heterocycles. The Hall–Kier alpha value is -1.32. The van der Waals surface area contributed by atoms with Crippen molar-refractivity contribution in [2.75, 3.05) is 5.73 Å². The number of hydrogen-bond acceptors (Lipinski definition) is 3. The molecular formula is C10H17N3O. The van der Waals surface area contributed by atoms with Crippen LogP contribution in [-0.4, -0.2) is 9.97 Å². The van der Waals surface area contributed by atoms with E-state index in [2.05, 4.69) is 16.9 Å². The molecule has 0 amide bonds. The SMILES string of the molecule is CCCCc1nc(N)c(CC)c(=O)[nH]1. The van der Waals surface area contributed by atoms with Crippen molar-refractivity contribution in [1.29, 1.82) is 0 Å². The standard InChI is InChI=1S/C10H17N3O/c1-3-5-6-8-12-9(11)7(4-2)10(14)13-8/h3-6H2,1-2H3,(H3,11,12,13,14). The van der Waals surface area contributed by atoms with E-state index in [0.29, 0.717) is 23.6 Å². The van der Waals surface area contributed by atoms with Gasteiger partial charge in [-0.05, 0) is 12.8 Å². The third-order valence-electron chi connectivity index (χ3n) is 2.22. The molecule has 0 atom stereocenters. The highest BCUT2D eigenvalue weighted by molar-refractivity contribution is 5.37. The zero-order valence-electron chi connectivity index (χ0n) is 8.76. The van der Waals surface area contributed by atoms with Crippen LogP contribution < -0.4 is 11.3 Å². The minimum absolute atomic E-state index is 0.0916. The summed E-state index contributed by atoms with van der Waals surface area (Å²) in [4.78, 5) is 18.4. The molecular weight excluding hydrogens is 178 g/mol. The molecule has 0 radical (unpaired) electrons. The third-order valence-corrected chi connectivity index (χ3v) is 2.22. The van der Waals surface area contributed by atoms with Crippen molar-refractivity contribution >= 4 is 5.82 Å². The summed E-state index contributed by atoms with van der Waals surface area (Å²) >= 11 is 0. The lowest BCUT2D eigenvalue weighted by molar-refractivity contribution is 0.746. The molecule has 0 aliphatic heterocycles. The van der Waals surface area contributed by atoms with E-state index in [4.69, 9.17) is 5.73 Å². The fourth-order valence-electron chi connectivity index (χ4n) is 1.37. The zero-order chi connectivity index (χ0) is 10.6. The Labute approximate surface area is 83.6 Å². The summed E-state index contributed by atoms with van der Waals surface area (Å²) in [7, 11) is 0. The van der Waals surface area contributed by atoms with Gasteiger partial charge in [0.25, 0.3) is 5.56 Å². The lowest BCUT2D eigenvalue weighted by Crippen LogP contribution is -2.19. The summed E-state index contributed by atoms with van der Waals surface area (Å²) in [5.74, 6) is 1.08. The van der Waals surface area contributed by atoms with E-state index in [9.17, 15) is 4.79 Å². The summed E-state index contributed by atoms with van der Waals surface area (Å²) < 4.78 is 0. The Balaban J connectivity index is 2.96. The van der Waals surface area contributed by atoms with Gasteiger partial charge in [0, 0.05) is 6.42 Å². The second-order valence-electron chi connectivity index (χ2n) is 3.33. The molecule has 0 bridgehead atoms. The number of aromatic amines is 1. The predicted octanol–water partition coefficient (Wildman–Crippen LogP) is 1.26. The molecule has 0 fully saturated rings. The average Bonchev–Trinajstić information content (AvgIpc) is 2.14. The molecule has 4 heteroatoms. The van der Waals surface area contributed by atoms with Crippen LogP contribution in [0.4, 0.5) is 5.82 Å². The van der Waals surface area contributed by atoms with Gasteiger partial charge in [0.2, 0.25) is 0 Å². The molecule has 0 saturated carbocycles. The van der Waals surface area contributed by atoms with Crippen molar-refractivity contribution in [3.63, 3.8) is 0 Å². The van der Waals surface area contributed by atoms with E-state index in [-0.39, 0.29) is 5.56 Å². The minimum Gasteiger partial charge on any atom is -0.383 e. The number of anilines is 1. The van der Waals surface area contributed by atoms with Crippen LogP contribution in [0.2, 0.25) is 0 Å². The summed E-state index contributed by atoms with van der Waals surface area (Å²) in [5, 5.41) is 0. The fourth-order valence-corrected chi connectivity index (χ4v) is 1.37. The second-order valence-corrected chi connectivity index (χ2v) is 3.33. The number of rotatable bonds is 4. The summed E-state index contributed by atoms with van der Waals surface area (Å²) in [6.45, 7) is 4.00. The normalized spacial score (nSPS) is 10.4. The first-order valence-corrected chi connectivity index (χ1v) is 5.06. The first-order valence-electron chi connectivity index (χ1n) is 5.06. The number of nitrogens with one attached hydrogen (secondary N) is 1. The molecule has 0 spiro atoms. The smallest absolute Gasteiger partial charge is 0.256 e. The van der Waals surface area contributed by atoms with Crippen molar-refractivity contribution in [3.05, 3.63) is 21.7 Å². The van der Waals surface area contributed by atoms with Gasteiger partial charge in [0.15, 0.2) is 0 Å². The zero-order valence-corrected chi connectivity index (χ0v) is 8.76. The fraction of sp³-hybridized carbons (Fsp3) is 0.600. The van der Waals surface area contributed by atoms with E-state index in [1.54, 1.807) is 0 Å². The number of unbranched alkanes of at least 4 members (excludes halogenated alkanes) is 1. The first kappa shape index (κ1) is 10.8. The molecule has 78 valence electrons. The van der Waals surface area contributed by atoms with Gasteiger partial charge in [-0.1, -0.05) is 20.3 Å². The van der Waals surface area contributed by atoms with Gasteiger partial charge in [-0.25, -0.2) is 4.98 Å². The molecule has 0 aliphatic carbocycles. The molecule has 0 saturated heterocycles. The van der Waals surface area contributed by atoms with Crippen LogP contribution in [0.15, 0.2) is 4.79 Å². The van der Waals surface area contributed by atoms with Gasteiger partial charge in [0.1, 0.15) is 11.6 Å². The quantitative estimate of drug-likeness (QED) is 0.759. The largest absolute Gasteiger partial charge is 0.383 e. The summed E-state index contributed by atoms with van der Waals surface area (Å²) in [6, 6.07) is 0. The third kappa shape index (κ3) is 2.34. The maximum Gasteiger partial charge on any atom is 0.256 e. The first-order chi connectivity index (χ1) is 6.69. The van der Waals surface area contributed by atoms with Gasteiger partial charge in [0.05, 0.1) is 5.56 Å². The molecule has 0 aliphatic rings. The monoisotopic (exact) mass is 195 g/mol. The van der Waals surface area contributed by atoms with E-state index in [0.717, 1.165) is 19.3 Å². The number of nitrogen functional groups attached to an aromatic ring is 1. The molecule has 3 N–H and O–H groups in total. The van der Waals surface area contributed by atoms with E-state index in [1.807, 2.05) is 6.92 Å². The Bertz CT molecular complexity index is 357. The summed E-state index contributed by atoms with van der Waals surface area (Å²) in [6.07, 6.45) is 3.52. The summed E-state index contributed by atoms with van der Waals surface area (Å²) in [5.41, 5.74) is 6.17. The molecule has 1 aromatic rings. The number of H-pyrrole nitrogens is 1. The number of nitrogens with two attached hydrogens (primary N) is 1. The van der Waals surface area contributed by atoms with Gasteiger partial charge >= 0.3 is 0 Å². The molecule has 1 rings (SSSR count). The van der Waals surface area contributed by atoms with Crippen LogP contribution in [0.25, 0.3) is 0 Å².